The fourth-order valence-corrected chi connectivity index (χ4v) is 2.85. The van der Waals surface area contributed by atoms with Crippen LogP contribution >= 0.6 is 23.4 Å². The van der Waals surface area contributed by atoms with Crippen molar-refractivity contribution in [2.75, 3.05) is 6.54 Å². The van der Waals surface area contributed by atoms with Crippen molar-refractivity contribution in [2.45, 2.75) is 23.4 Å². The summed E-state index contributed by atoms with van der Waals surface area (Å²) in [5.74, 6) is 0. The van der Waals surface area contributed by atoms with E-state index < -0.39 is 0 Å². The zero-order valence-corrected chi connectivity index (χ0v) is 11.6. The van der Waals surface area contributed by atoms with Crippen molar-refractivity contribution in [3.63, 3.8) is 0 Å². The minimum atomic E-state index is 0.600. The molecule has 3 nitrogen and oxygen atoms in total. The van der Waals surface area contributed by atoms with Crippen LogP contribution in [0.15, 0.2) is 40.5 Å². The van der Waals surface area contributed by atoms with E-state index in [-0.39, 0.29) is 0 Å². The third-order valence-electron chi connectivity index (χ3n) is 2.43. The molecule has 0 aliphatic rings. The van der Waals surface area contributed by atoms with Gasteiger partial charge in [-0.25, -0.2) is 9.97 Å². The van der Waals surface area contributed by atoms with Crippen molar-refractivity contribution in [3.8, 4) is 0 Å². The summed E-state index contributed by atoms with van der Waals surface area (Å²) < 4.78 is 0. The number of aryl methyl sites for hydroxylation is 1. The molecule has 5 heteroatoms. The van der Waals surface area contributed by atoms with Crippen LogP contribution in [0, 0.1) is 6.92 Å². The normalized spacial score (nSPS) is 10.6. The number of benzene rings is 1. The molecule has 94 valence electrons. The largest absolute Gasteiger partial charge is 0.330 e. The Balaban J connectivity index is 2.33. The molecular weight excluding hydrogens is 266 g/mol. The summed E-state index contributed by atoms with van der Waals surface area (Å²) in [5.41, 5.74) is 7.70. The van der Waals surface area contributed by atoms with E-state index in [2.05, 4.69) is 9.97 Å². The van der Waals surface area contributed by atoms with Gasteiger partial charge in [-0.05, 0) is 49.3 Å². The molecule has 2 rings (SSSR count). The lowest BCUT2D eigenvalue weighted by atomic mass is 10.1. The van der Waals surface area contributed by atoms with Crippen LogP contribution in [0.3, 0.4) is 0 Å². The molecule has 0 saturated heterocycles. The quantitative estimate of drug-likeness (QED) is 0.874. The maximum Gasteiger partial charge on any atom is 0.192 e. The van der Waals surface area contributed by atoms with E-state index in [1.807, 2.05) is 31.2 Å². The zero-order chi connectivity index (χ0) is 13.0. The fraction of sp³-hybridized carbons (Fsp3) is 0.231. The molecule has 0 saturated carbocycles. The van der Waals surface area contributed by atoms with Gasteiger partial charge in [0.2, 0.25) is 0 Å². The number of nitrogens with zero attached hydrogens (tertiary/aromatic N) is 2. The summed E-state index contributed by atoms with van der Waals surface area (Å²) in [7, 11) is 0. The van der Waals surface area contributed by atoms with Crippen LogP contribution in [-0.4, -0.2) is 16.5 Å². The number of hydrogen-bond acceptors (Lipinski definition) is 4. The molecular formula is C13H14ClN3S. The van der Waals surface area contributed by atoms with E-state index in [1.165, 1.54) is 11.8 Å². The molecule has 0 radical (unpaired) electrons. The van der Waals surface area contributed by atoms with Crippen molar-refractivity contribution in [1.82, 2.24) is 9.97 Å². The highest BCUT2D eigenvalue weighted by Gasteiger charge is 2.10. The van der Waals surface area contributed by atoms with Crippen LogP contribution in [0.25, 0.3) is 0 Å². The molecule has 0 aliphatic carbocycles. The molecule has 1 aromatic heterocycles. The van der Waals surface area contributed by atoms with Crippen LogP contribution < -0.4 is 5.73 Å². The van der Waals surface area contributed by atoms with Gasteiger partial charge in [0.25, 0.3) is 0 Å². The molecule has 0 amide bonds. The van der Waals surface area contributed by atoms with E-state index in [4.69, 9.17) is 17.3 Å². The number of rotatable bonds is 4. The second-order valence-electron chi connectivity index (χ2n) is 3.85. The highest BCUT2D eigenvalue weighted by atomic mass is 35.5. The van der Waals surface area contributed by atoms with Gasteiger partial charge in [0.15, 0.2) is 5.16 Å². The lowest BCUT2D eigenvalue weighted by molar-refractivity contribution is 0.921. The van der Waals surface area contributed by atoms with E-state index in [0.29, 0.717) is 11.7 Å². The van der Waals surface area contributed by atoms with Gasteiger partial charge in [-0.2, -0.15) is 0 Å². The fourth-order valence-electron chi connectivity index (χ4n) is 1.59. The van der Waals surface area contributed by atoms with Crippen molar-refractivity contribution < 1.29 is 0 Å². The molecule has 0 fully saturated rings. The zero-order valence-electron chi connectivity index (χ0n) is 10.1. The summed E-state index contributed by atoms with van der Waals surface area (Å²) in [5, 5.41) is 1.43. The van der Waals surface area contributed by atoms with Gasteiger partial charge in [0.05, 0.1) is 5.02 Å². The molecule has 0 atom stereocenters. The maximum absolute atomic E-state index is 6.24. The Morgan fingerprint density at radius 3 is 2.89 bits per heavy atom. The minimum absolute atomic E-state index is 0.600. The van der Waals surface area contributed by atoms with Crippen LogP contribution in [0.2, 0.25) is 5.02 Å². The molecule has 1 heterocycles. The van der Waals surface area contributed by atoms with Crippen LogP contribution in [0.1, 0.15) is 11.3 Å². The average molecular weight is 280 g/mol. The van der Waals surface area contributed by atoms with Crippen LogP contribution in [0.5, 0.6) is 0 Å². The first-order valence-electron chi connectivity index (χ1n) is 5.65. The van der Waals surface area contributed by atoms with E-state index in [1.54, 1.807) is 6.20 Å². The summed E-state index contributed by atoms with van der Waals surface area (Å²) in [6.45, 7) is 2.54. The number of halogens is 1. The standard InChI is InChI=1S/C13H14ClN3S/c1-9-6-8-16-13(17-9)18-12-10(5-7-15)3-2-4-11(12)14/h2-4,6,8H,5,7,15H2,1H3. The third-order valence-corrected chi connectivity index (χ3v) is 3.92. The van der Waals surface area contributed by atoms with Crippen LogP contribution in [0.4, 0.5) is 0 Å². The molecule has 2 N–H and O–H groups in total. The minimum Gasteiger partial charge on any atom is -0.330 e. The first-order chi connectivity index (χ1) is 8.70. The molecule has 0 spiro atoms. The Bertz CT molecular complexity index is 546. The Labute approximate surface area is 116 Å². The van der Waals surface area contributed by atoms with Crippen LogP contribution in [-0.2, 0) is 6.42 Å². The molecule has 1 aromatic carbocycles. The summed E-state index contributed by atoms with van der Waals surface area (Å²) in [4.78, 5) is 9.61. The van der Waals surface area contributed by atoms with Gasteiger partial charge in [0.1, 0.15) is 0 Å². The summed E-state index contributed by atoms with van der Waals surface area (Å²) in [6.07, 6.45) is 2.55. The molecule has 0 bridgehead atoms. The van der Waals surface area contributed by atoms with Crippen molar-refractivity contribution in [3.05, 3.63) is 46.7 Å². The SMILES string of the molecule is Cc1ccnc(Sc2c(Cl)cccc2CCN)n1. The van der Waals surface area contributed by atoms with Gasteiger partial charge >= 0.3 is 0 Å². The Hall–Kier alpha value is -1.10. The molecule has 18 heavy (non-hydrogen) atoms. The van der Waals surface area contributed by atoms with Gasteiger partial charge in [-0.3, -0.25) is 0 Å². The predicted octanol–water partition coefficient (Wildman–Crippen LogP) is 3.09. The summed E-state index contributed by atoms with van der Waals surface area (Å²) >= 11 is 7.72. The van der Waals surface area contributed by atoms with Gasteiger partial charge in [-0.1, -0.05) is 23.7 Å². The topological polar surface area (TPSA) is 51.8 Å². The molecule has 0 unspecified atom stereocenters. The lowest BCUT2D eigenvalue weighted by Crippen LogP contribution is -2.04. The van der Waals surface area contributed by atoms with E-state index in [9.17, 15) is 0 Å². The second-order valence-corrected chi connectivity index (χ2v) is 5.23. The highest BCUT2D eigenvalue weighted by molar-refractivity contribution is 7.99. The van der Waals surface area contributed by atoms with Crippen molar-refractivity contribution >= 4 is 23.4 Å². The van der Waals surface area contributed by atoms with Gasteiger partial charge in [0, 0.05) is 16.8 Å². The maximum atomic E-state index is 6.24. The monoisotopic (exact) mass is 279 g/mol. The van der Waals surface area contributed by atoms with E-state index in [0.717, 1.165) is 27.6 Å². The number of aromatic nitrogens is 2. The first kappa shape index (κ1) is 13.3. The smallest absolute Gasteiger partial charge is 0.192 e. The Morgan fingerprint density at radius 1 is 1.33 bits per heavy atom. The lowest BCUT2D eigenvalue weighted by Gasteiger charge is -2.09. The predicted molar refractivity (Wildman–Crippen MR) is 75.1 cm³/mol. The first-order valence-corrected chi connectivity index (χ1v) is 6.85. The Kier molecular flexibility index (Phi) is 4.58. The van der Waals surface area contributed by atoms with E-state index >= 15 is 0 Å². The Morgan fingerprint density at radius 2 is 2.17 bits per heavy atom. The van der Waals surface area contributed by atoms with Crippen molar-refractivity contribution in [1.29, 1.82) is 0 Å². The second kappa shape index (κ2) is 6.18. The number of nitrogens with two attached hydrogens (primary N) is 1. The van der Waals surface area contributed by atoms with Crippen molar-refractivity contribution in [2.24, 2.45) is 5.73 Å². The third kappa shape index (κ3) is 3.22. The molecule has 0 aliphatic heterocycles. The summed E-state index contributed by atoms with van der Waals surface area (Å²) in [6, 6.07) is 7.72. The highest BCUT2D eigenvalue weighted by Crippen LogP contribution is 2.34. The van der Waals surface area contributed by atoms with Gasteiger partial charge in [-0.15, -0.1) is 0 Å². The average Bonchev–Trinajstić information content (AvgIpc) is 2.34. The van der Waals surface area contributed by atoms with Gasteiger partial charge < -0.3 is 5.73 Å². The number of hydrogen-bond donors (Lipinski definition) is 1. The molecule has 2 aromatic rings.